The van der Waals surface area contributed by atoms with Gasteiger partial charge in [0.25, 0.3) is 0 Å². The van der Waals surface area contributed by atoms with Gasteiger partial charge in [0.1, 0.15) is 6.04 Å². The second-order valence-corrected chi connectivity index (χ2v) is 2.71. The highest BCUT2D eigenvalue weighted by Gasteiger charge is 2.08. The fourth-order valence-electron chi connectivity index (χ4n) is 0.368. The first kappa shape index (κ1) is 18.4. The Kier molecular flexibility index (Phi) is 21.7. The summed E-state index contributed by atoms with van der Waals surface area (Å²) in [7, 11) is 0. The van der Waals surface area contributed by atoms with E-state index in [1.54, 1.807) is 18.0 Å². The lowest BCUT2D eigenvalue weighted by Crippen LogP contribution is -3.00. The summed E-state index contributed by atoms with van der Waals surface area (Å²) in [6.07, 6.45) is 4.28. The minimum Gasteiger partial charge on any atom is -1.00 e. The van der Waals surface area contributed by atoms with Crippen LogP contribution in [0.4, 0.5) is 0 Å². The number of carbonyl (C=O) groups is 1. The van der Waals surface area contributed by atoms with Crippen LogP contribution in [0.5, 0.6) is 0 Å². The zero-order chi connectivity index (χ0) is 9.28. The van der Waals surface area contributed by atoms with Gasteiger partial charge in [-0.1, -0.05) is 0 Å². The molecule has 0 aromatic heterocycles. The second-order valence-electron chi connectivity index (χ2n) is 1.73. The van der Waals surface area contributed by atoms with Gasteiger partial charge in [0.15, 0.2) is 0 Å². The first-order valence-electron chi connectivity index (χ1n) is 3.15. The Balaban J connectivity index is -0.000000249. The van der Waals surface area contributed by atoms with E-state index in [1.807, 2.05) is 6.26 Å². The van der Waals surface area contributed by atoms with E-state index in [0.717, 1.165) is 5.75 Å². The van der Waals surface area contributed by atoms with Crippen LogP contribution >= 0.6 is 11.8 Å². The van der Waals surface area contributed by atoms with Gasteiger partial charge in [-0.05, 0) is 31.1 Å². The highest BCUT2D eigenvalue weighted by atomic mass is 79.9. The minimum atomic E-state index is -0.913. The molecule has 0 amide bonds. The molecule has 0 aliphatic heterocycles. The van der Waals surface area contributed by atoms with Crippen LogP contribution < -0.4 is 22.7 Å². The summed E-state index contributed by atoms with van der Waals surface area (Å²) in [5.74, 6) is -0.1000. The first-order chi connectivity index (χ1) is 5.18. The smallest absolute Gasteiger partial charge is 0.320 e. The number of carboxylic acids is 1. The number of rotatable bonds is 4. The quantitative estimate of drug-likeness (QED) is 0.531. The number of aliphatic carboxylic acids is 1. The maximum Gasteiger partial charge on any atom is 0.320 e. The van der Waals surface area contributed by atoms with Crippen molar-refractivity contribution in [3.8, 4) is 0 Å². The molecule has 0 fully saturated rings. The zero-order valence-electron chi connectivity index (χ0n) is 7.21. The normalized spacial score (nSPS) is 10.3. The summed E-state index contributed by atoms with van der Waals surface area (Å²) < 4.78 is 0. The van der Waals surface area contributed by atoms with E-state index < -0.39 is 12.0 Å². The van der Waals surface area contributed by atoms with Gasteiger partial charge in [-0.25, -0.2) is 0 Å². The molecule has 0 saturated heterocycles. The molecule has 0 aliphatic rings. The van der Waals surface area contributed by atoms with Gasteiger partial charge >= 0.3 is 5.97 Å². The highest BCUT2D eigenvalue weighted by molar-refractivity contribution is 7.98. The third-order valence-electron chi connectivity index (χ3n) is 0.950. The summed E-state index contributed by atoms with van der Waals surface area (Å²) in [4.78, 5) is 10.1. The molecule has 0 rings (SSSR count). The Morgan fingerprint density at radius 1 is 1.67 bits per heavy atom. The molecule has 0 heterocycles. The van der Waals surface area contributed by atoms with E-state index in [2.05, 4.69) is 12.6 Å². The van der Waals surface area contributed by atoms with Crippen molar-refractivity contribution in [2.45, 2.75) is 12.5 Å². The van der Waals surface area contributed by atoms with Crippen molar-refractivity contribution >= 4 is 30.4 Å². The van der Waals surface area contributed by atoms with Crippen molar-refractivity contribution in [3.63, 3.8) is 0 Å². The average molecular weight is 278 g/mol. The predicted octanol–water partition coefficient (Wildman–Crippen LogP) is -3.22. The lowest BCUT2D eigenvalue weighted by molar-refractivity contribution is -0.138. The number of nitrogens with two attached hydrogens (primary N) is 1. The molecular weight excluding hydrogens is 262 g/mol. The van der Waals surface area contributed by atoms with Crippen LogP contribution in [0.3, 0.4) is 0 Å². The van der Waals surface area contributed by atoms with Crippen LogP contribution in [-0.4, -0.2) is 35.4 Å². The molecule has 0 aliphatic carbocycles. The number of carboxylic acid groups (broad SMARTS) is 1. The molecule has 6 heteroatoms. The Labute approximate surface area is 93.7 Å². The largest absolute Gasteiger partial charge is 1.00 e. The fraction of sp³-hybridized carbons (Fsp3) is 0.833. The second kappa shape index (κ2) is 14.2. The van der Waals surface area contributed by atoms with E-state index in [4.69, 9.17) is 10.8 Å². The Morgan fingerprint density at radius 2 is 2.08 bits per heavy atom. The summed E-state index contributed by atoms with van der Waals surface area (Å²) in [6.45, 7) is 0. The maximum atomic E-state index is 10.1. The molecule has 0 aromatic rings. The van der Waals surface area contributed by atoms with Crippen molar-refractivity contribution in [3.05, 3.63) is 0 Å². The summed E-state index contributed by atoms with van der Waals surface area (Å²) >= 11 is 4.58. The highest BCUT2D eigenvalue weighted by Crippen LogP contribution is 1.97. The average Bonchev–Trinajstić information content (AvgIpc) is 2.03. The van der Waals surface area contributed by atoms with Gasteiger partial charge in [-0.3, -0.25) is 4.79 Å². The Hall–Kier alpha value is 0.610. The molecule has 0 spiro atoms. The summed E-state index contributed by atoms with van der Waals surface area (Å²) in [5.41, 5.74) is 5.19. The molecule has 76 valence electrons. The van der Waals surface area contributed by atoms with Gasteiger partial charge in [0.05, 0.1) is 6.26 Å². The lowest BCUT2D eigenvalue weighted by atomic mass is 10.2. The van der Waals surface area contributed by atoms with Crippen LogP contribution in [0.1, 0.15) is 6.42 Å². The van der Waals surface area contributed by atoms with Gasteiger partial charge in [-0.15, -0.1) is 0 Å². The Morgan fingerprint density at radius 3 is 2.33 bits per heavy atom. The minimum absolute atomic E-state index is 0. The zero-order valence-corrected chi connectivity index (χ0v) is 10.6. The fourth-order valence-corrected chi connectivity index (χ4v) is 0.858. The van der Waals surface area contributed by atoms with E-state index in [0.29, 0.717) is 6.42 Å². The van der Waals surface area contributed by atoms with Crippen molar-refractivity contribution in [2.24, 2.45) is 5.73 Å². The molecule has 0 radical (unpaired) electrons. The van der Waals surface area contributed by atoms with Crippen LogP contribution in [0.25, 0.3) is 0 Å². The summed E-state index contributed by atoms with van der Waals surface area (Å²) in [5, 5.41) is 8.27. The Bertz CT molecular complexity index is 106. The van der Waals surface area contributed by atoms with Crippen LogP contribution in [0.15, 0.2) is 0 Å². The summed E-state index contributed by atoms with van der Waals surface area (Å²) in [6, 6.07) is -0.683. The molecule has 1 atom stereocenters. The van der Waals surface area contributed by atoms with E-state index in [9.17, 15) is 4.79 Å². The van der Waals surface area contributed by atoms with Crippen LogP contribution in [-0.2, 0) is 17.4 Å². The molecule has 0 saturated carbocycles. The topological polar surface area (TPSA) is 63.3 Å². The number of halogens is 1. The van der Waals surface area contributed by atoms with Gasteiger partial charge in [-0.2, -0.15) is 11.8 Å². The van der Waals surface area contributed by atoms with E-state index >= 15 is 0 Å². The van der Waals surface area contributed by atoms with Crippen molar-refractivity contribution < 1.29 is 26.9 Å². The van der Waals surface area contributed by atoms with Crippen molar-refractivity contribution in [1.82, 2.24) is 0 Å². The predicted molar refractivity (Wildman–Crippen MR) is 54.7 cm³/mol. The third kappa shape index (κ3) is 13.2. The van der Waals surface area contributed by atoms with Gasteiger partial charge in [0, 0.05) is 0 Å². The standard InChI is InChI=1S/C5H11NO2S.CH4S.BrH/c1-9-3-2-4(6)5(7)8;1-2;/h4H,2-3,6H2,1H3,(H,7,8);2H,1H3;1H/t4-;;/m1../s1. The number of hydrogen-bond acceptors (Lipinski definition) is 3. The number of hydrogen-bond donors (Lipinski definition) is 2. The molecule has 0 aromatic carbocycles. The van der Waals surface area contributed by atoms with E-state index in [1.165, 1.54) is 0 Å². The molecule has 12 heavy (non-hydrogen) atoms. The molecule has 0 bridgehead atoms. The van der Waals surface area contributed by atoms with Crippen LogP contribution in [0, 0.1) is 0 Å². The van der Waals surface area contributed by atoms with E-state index in [-0.39, 0.29) is 17.0 Å². The van der Waals surface area contributed by atoms with Crippen molar-refractivity contribution in [2.75, 3.05) is 18.3 Å². The number of thioether (sulfide) groups is 1. The molecule has 3 N–H and O–H groups in total. The monoisotopic (exact) mass is 277 g/mol. The maximum absolute atomic E-state index is 10.1. The van der Waals surface area contributed by atoms with Gasteiger partial charge < -0.3 is 27.8 Å². The first-order valence-corrected chi connectivity index (χ1v) is 5.55. The van der Waals surface area contributed by atoms with Gasteiger partial charge in [0.2, 0.25) is 0 Å². The molecular formula is C6H16BrNO2S2. The molecule has 3 nitrogen and oxygen atoms in total. The molecule has 0 unspecified atom stereocenters. The third-order valence-corrected chi connectivity index (χ3v) is 1.59. The lowest BCUT2D eigenvalue weighted by Gasteiger charge is -2.02. The van der Waals surface area contributed by atoms with Crippen molar-refractivity contribution in [1.29, 1.82) is 0 Å². The van der Waals surface area contributed by atoms with Crippen LogP contribution in [0.2, 0.25) is 0 Å². The SMILES string of the molecule is CSCC[C@@H](N)C(=O)O.C[SH2+].[Br-].